The van der Waals surface area contributed by atoms with Gasteiger partial charge in [-0.15, -0.1) is 0 Å². The molecule has 1 aromatic heterocycles. The van der Waals surface area contributed by atoms with Gasteiger partial charge in [-0.2, -0.15) is 0 Å². The number of carbonyl (C=O) groups is 1. The molecule has 7 heteroatoms. The molecule has 0 fully saturated rings. The van der Waals surface area contributed by atoms with E-state index in [-0.39, 0.29) is 23.5 Å². The van der Waals surface area contributed by atoms with Crippen molar-refractivity contribution in [1.82, 2.24) is 0 Å². The maximum absolute atomic E-state index is 13.2. The summed E-state index contributed by atoms with van der Waals surface area (Å²) in [4.78, 5) is 25.7. The van der Waals surface area contributed by atoms with E-state index in [1.807, 2.05) is 13.0 Å². The molecule has 0 spiro atoms. The minimum absolute atomic E-state index is 0.0701. The fourth-order valence-electron chi connectivity index (χ4n) is 3.25. The summed E-state index contributed by atoms with van der Waals surface area (Å²) in [5.74, 6) is 0.353. The van der Waals surface area contributed by atoms with Crippen LogP contribution < -0.4 is 20.2 Å². The van der Waals surface area contributed by atoms with E-state index in [1.165, 1.54) is 0 Å². The Bertz CT molecular complexity index is 1350. The van der Waals surface area contributed by atoms with E-state index >= 15 is 0 Å². The van der Waals surface area contributed by atoms with Crippen LogP contribution in [0, 0.1) is 6.92 Å². The summed E-state index contributed by atoms with van der Waals surface area (Å²) in [6, 6.07) is 19.1. The van der Waals surface area contributed by atoms with Crippen LogP contribution in [-0.4, -0.2) is 19.6 Å². The number of rotatable bonds is 6. The Balaban J connectivity index is 1.67. The van der Waals surface area contributed by atoms with E-state index in [4.69, 9.17) is 25.5 Å². The zero-order chi connectivity index (χ0) is 22.7. The molecule has 6 nitrogen and oxygen atoms in total. The van der Waals surface area contributed by atoms with Gasteiger partial charge in [-0.3, -0.25) is 9.59 Å². The molecule has 0 radical (unpaired) electrons. The molecule has 0 bridgehead atoms. The van der Waals surface area contributed by atoms with Gasteiger partial charge in [-0.1, -0.05) is 29.8 Å². The molecule has 1 amide bonds. The van der Waals surface area contributed by atoms with Crippen LogP contribution in [0.25, 0.3) is 22.3 Å². The molecule has 162 valence electrons. The Morgan fingerprint density at radius 2 is 1.81 bits per heavy atom. The molecule has 32 heavy (non-hydrogen) atoms. The standard InChI is InChI=1S/C25H20ClNO5/c1-15-7-12-19-21(13-15)32-24(18-5-3-4-6-20(18)26)25(23(19)29)31-14-22(28)27-16-8-10-17(30-2)11-9-16/h3-13H,14H2,1-2H3,(H,27,28). The Labute approximate surface area is 189 Å². The van der Waals surface area contributed by atoms with Gasteiger partial charge in [0, 0.05) is 11.3 Å². The Kier molecular flexibility index (Phi) is 6.14. The highest BCUT2D eigenvalue weighted by molar-refractivity contribution is 6.33. The van der Waals surface area contributed by atoms with Gasteiger partial charge in [0.2, 0.25) is 11.2 Å². The molecule has 0 atom stereocenters. The Morgan fingerprint density at radius 3 is 2.53 bits per heavy atom. The minimum Gasteiger partial charge on any atom is -0.497 e. The minimum atomic E-state index is -0.427. The largest absolute Gasteiger partial charge is 0.497 e. The first kappa shape index (κ1) is 21.5. The molecule has 0 saturated carbocycles. The van der Waals surface area contributed by atoms with Crippen molar-refractivity contribution in [3.63, 3.8) is 0 Å². The molecule has 4 aromatic rings. The summed E-state index contributed by atoms with van der Waals surface area (Å²) in [5.41, 5.74) is 2.06. The number of fused-ring (bicyclic) bond motifs is 1. The molecular weight excluding hydrogens is 430 g/mol. The molecule has 0 aliphatic heterocycles. The molecule has 0 aliphatic rings. The summed E-state index contributed by atoms with van der Waals surface area (Å²) >= 11 is 6.35. The Morgan fingerprint density at radius 1 is 1.06 bits per heavy atom. The van der Waals surface area contributed by atoms with Crippen LogP contribution in [0.4, 0.5) is 5.69 Å². The van der Waals surface area contributed by atoms with Gasteiger partial charge in [0.15, 0.2) is 12.4 Å². The number of aryl methyl sites for hydroxylation is 1. The predicted molar refractivity (Wildman–Crippen MR) is 125 cm³/mol. The van der Waals surface area contributed by atoms with Crippen molar-refractivity contribution in [2.24, 2.45) is 0 Å². The first-order chi connectivity index (χ1) is 15.5. The van der Waals surface area contributed by atoms with E-state index in [0.29, 0.717) is 33.0 Å². The van der Waals surface area contributed by atoms with Gasteiger partial charge in [0.25, 0.3) is 5.91 Å². The lowest BCUT2D eigenvalue weighted by atomic mass is 10.1. The molecule has 3 aromatic carbocycles. The predicted octanol–water partition coefficient (Wildman–Crippen LogP) is 5.45. The number of halogens is 1. The fourth-order valence-corrected chi connectivity index (χ4v) is 3.47. The van der Waals surface area contributed by atoms with Gasteiger partial charge in [0.1, 0.15) is 11.3 Å². The second-order valence-corrected chi connectivity index (χ2v) is 7.54. The first-order valence-electron chi connectivity index (χ1n) is 9.85. The number of nitrogens with one attached hydrogen (secondary N) is 1. The van der Waals surface area contributed by atoms with Crippen LogP contribution in [0.5, 0.6) is 11.5 Å². The van der Waals surface area contributed by atoms with Crippen LogP contribution >= 0.6 is 11.6 Å². The molecule has 1 N–H and O–H groups in total. The van der Waals surface area contributed by atoms with Crippen LogP contribution in [-0.2, 0) is 4.79 Å². The van der Waals surface area contributed by atoms with E-state index in [1.54, 1.807) is 67.8 Å². The van der Waals surface area contributed by atoms with Gasteiger partial charge in [-0.05, 0) is 61.0 Å². The number of amides is 1. The average Bonchev–Trinajstić information content (AvgIpc) is 2.79. The monoisotopic (exact) mass is 449 g/mol. The van der Waals surface area contributed by atoms with Crippen LogP contribution in [0.2, 0.25) is 5.02 Å². The molecule has 1 heterocycles. The summed E-state index contributed by atoms with van der Waals surface area (Å²) < 4.78 is 16.8. The van der Waals surface area contributed by atoms with Crippen molar-refractivity contribution in [3.05, 3.63) is 87.5 Å². The van der Waals surface area contributed by atoms with Gasteiger partial charge < -0.3 is 19.2 Å². The van der Waals surface area contributed by atoms with Gasteiger partial charge in [-0.25, -0.2) is 0 Å². The van der Waals surface area contributed by atoms with Crippen molar-refractivity contribution in [2.75, 3.05) is 19.0 Å². The van der Waals surface area contributed by atoms with Crippen molar-refractivity contribution in [2.45, 2.75) is 6.92 Å². The number of anilines is 1. The van der Waals surface area contributed by atoms with Crippen molar-refractivity contribution in [1.29, 1.82) is 0 Å². The molecule has 0 saturated heterocycles. The number of carbonyl (C=O) groups excluding carboxylic acids is 1. The van der Waals surface area contributed by atoms with E-state index in [2.05, 4.69) is 5.32 Å². The number of ether oxygens (including phenoxy) is 2. The molecule has 0 aliphatic carbocycles. The number of methoxy groups -OCH3 is 1. The van der Waals surface area contributed by atoms with Gasteiger partial charge in [0.05, 0.1) is 17.5 Å². The van der Waals surface area contributed by atoms with E-state index < -0.39 is 5.91 Å². The highest BCUT2D eigenvalue weighted by Gasteiger charge is 2.20. The smallest absolute Gasteiger partial charge is 0.262 e. The zero-order valence-electron chi connectivity index (χ0n) is 17.5. The second-order valence-electron chi connectivity index (χ2n) is 7.13. The third-order valence-corrected chi connectivity index (χ3v) is 5.18. The van der Waals surface area contributed by atoms with Crippen LogP contribution in [0.3, 0.4) is 0 Å². The number of hydrogen-bond donors (Lipinski definition) is 1. The first-order valence-corrected chi connectivity index (χ1v) is 10.2. The van der Waals surface area contributed by atoms with Crippen molar-refractivity contribution < 1.29 is 18.7 Å². The number of benzene rings is 3. The lowest BCUT2D eigenvalue weighted by molar-refractivity contribution is -0.118. The fraction of sp³-hybridized carbons (Fsp3) is 0.120. The summed E-state index contributed by atoms with van der Waals surface area (Å²) in [6.07, 6.45) is 0. The van der Waals surface area contributed by atoms with Crippen LogP contribution in [0.1, 0.15) is 5.56 Å². The normalized spacial score (nSPS) is 10.7. The quantitative estimate of drug-likeness (QED) is 0.423. The second kappa shape index (κ2) is 9.16. The van der Waals surface area contributed by atoms with Crippen LogP contribution in [0.15, 0.2) is 75.9 Å². The van der Waals surface area contributed by atoms with Crippen molar-refractivity contribution >= 4 is 34.2 Å². The van der Waals surface area contributed by atoms with Crippen molar-refractivity contribution in [3.8, 4) is 22.8 Å². The SMILES string of the molecule is COc1ccc(NC(=O)COc2c(-c3ccccc3Cl)oc3cc(C)ccc3c2=O)cc1. The third kappa shape index (κ3) is 4.45. The number of hydrogen-bond acceptors (Lipinski definition) is 5. The molecule has 0 unspecified atom stereocenters. The molecular formula is C25H20ClNO5. The van der Waals surface area contributed by atoms with E-state index in [0.717, 1.165) is 5.56 Å². The lowest BCUT2D eigenvalue weighted by Crippen LogP contribution is -2.22. The topological polar surface area (TPSA) is 77.8 Å². The molecule has 4 rings (SSSR count). The zero-order valence-corrected chi connectivity index (χ0v) is 18.2. The maximum atomic E-state index is 13.2. The summed E-state index contributed by atoms with van der Waals surface area (Å²) in [5, 5.41) is 3.48. The summed E-state index contributed by atoms with van der Waals surface area (Å²) in [6.45, 7) is 1.52. The summed E-state index contributed by atoms with van der Waals surface area (Å²) in [7, 11) is 1.56. The lowest BCUT2D eigenvalue weighted by Gasteiger charge is -2.13. The highest BCUT2D eigenvalue weighted by Crippen LogP contribution is 2.35. The maximum Gasteiger partial charge on any atom is 0.262 e. The van der Waals surface area contributed by atoms with E-state index in [9.17, 15) is 9.59 Å². The highest BCUT2D eigenvalue weighted by atomic mass is 35.5. The Hall–Kier alpha value is -3.77. The average molecular weight is 450 g/mol. The third-order valence-electron chi connectivity index (χ3n) is 4.85. The van der Waals surface area contributed by atoms with Gasteiger partial charge >= 0.3 is 0 Å².